The summed E-state index contributed by atoms with van der Waals surface area (Å²) in [4.78, 5) is 15.4. The van der Waals surface area contributed by atoms with Gasteiger partial charge in [-0.3, -0.25) is 9.52 Å². The maximum absolute atomic E-state index is 12.9. The zero-order chi connectivity index (χ0) is 22.0. The fourth-order valence-corrected chi connectivity index (χ4v) is 5.34. The van der Waals surface area contributed by atoms with Crippen molar-refractivity contribution in [1.29, 1.82) is 0 Å². The molecule has 1 N–H and O–H groups in total. The third-order valence-electron chi connectivity index (χ3n) is 5.09. The second-order valence-corrected chi connectivity index (χ2v) is 9.63. The van der Waals surface area contributed by atoms with Crippen LogP contribution in [0, 0.1) is 0 Å². The Hall–Kier alpha value is -3.04. The lowest BCUT2D eigenvalue weighted by Crippen LogP contribution is -2.35. The number of benzene rings is 2. The third-order valence-corrected chi connectivity index (χ3v) is 7.33. The molecule has 1 aliphatic rings. The lowest BCUT2D eigenvalue weighted by atomic mass is 10.0. The summed E-state index contributed by atoms with van der Waals surface area (Å²) in [5, 5.41) is 1.88. The van der Waals surface area contributed by atoms with Gasteiger partial charge in [0, 0.05) is 24.0 Å². The first-order chi connectivity index (χ1) is 14.9. The minimum absolute atomic E-state index is 0.0328. The Bertz CT molecular complexity index is 1210. The molecule has 2 heterocycles. The molecule has 0 saturated carbocycles. The number of sulfonamides is 1. The van der Waals surface area contributed by atoms with E-state index >= 15 is 0 Å². The molecular weight excluding hydrogens is 436 g/mol. The Kier molecular flexibility index (Phi) is 5.88. The summed E-state index contributed by atoms with van der Waals surface area (Å²) >= 11 is 1.41. The van der Waals surface area contributed by atoms with E-state index in [1.807, 2.05) is 17.5 Å². The number of methoxy groups -OCH3 is 2. The fourth-order valence-electron chi connectivity index (χ4n) is 3.60. The van der Waals surface area contributed by atoms with Crippen LogP contribution >= 0.6 is 11.3 Å². The highest BCUT2D eigenvalue weighted by Gasteiger charge is 2.25. The van der Waals surface area contributed by atoms with E-state index in [9.17, 15) is 13.2 Å². The highest BCUT2D eigenvalue weighted by molar-refractivity contribution is 7.92. The number of ether oxygens (including phenoxy) is 2. The largest absolute Gasteiger partial charge is 0.493 e. The molecule has 9 heteroatoms. The Morgan fingerprint density at radius 2 is 1.87 bits per heavy atom. The summed E-state index contributed by atoms with van der Waals surface area (Å²) < 4.78 is 38.8. The van der Waals surface area contributed by atoms with Gasteiger partial charge in [0.05, 0.1) is 24.0 Å². The molecule has 0 saturated heterocycles. The van der Waals surface area contributed by atoms with E-state index in [0.717, 1.165) is 24.1 Å². The number of rotatable bonds is 6. The Morgan fingerprint density at radius 1 is 1.06 bits per heavy atom. The molecule has 2 aromatic carbocycles. The molecule has 0 unspecified atom stereocenters. The predicted molar refractivity (Wildman–Crippen MR) is 121 cm³/mol. The second kappa shape index (κ2) is 8.60. The van der Waals surface area contributed by atoms with Gasteiger partial charge in [-0.2, -0.15) is 0 Å². The van der Waals surface area contributed by atoms with Gasteiger partial charge in [-0.05, 0) is 60.2 Å². The number of hydrogen-bond acceptors (Lipinski definition) is 6. The molecule has 4 rings (SSSR count). The normalized spacial score (nSPS) is 13.4. The molecule has 1 aromatic heterocycles. The average molecular weight is 459 g/mol. The van der Waals surface area contributed by atoms with Gasteiger partial charge < -0.3 is 14.4 Å². The van der Waals surface area contributed by atoms with Crippen LogP contribution in [0.15, 0.2) is 58.8 Å². The van der Waals surface area contributed by atoms with E-state index in [-0.39, 0.29) is 10.8 Å². The van der Waals surface area contributed by atoms with Crippen LogP contribution < -0.4 is 19.1 Å². The third kappa shape index (κ3) is 4.24. The predicted octanol–water partition coefficient (Wildman–Crippen LogP) is 4.16. The number of anilines is 2. The maximum Gasteiger partial charge on any atom is 0.268 e. The zero-order valence-corrected chi connectivity index (χ0v) is 18.8. The molecule has 0 bridgehead atoms. The van der Waals surface area contributed by atoms with Gasteiger partial charge in [0.25, 0.3) is 15.9 Å². The van der Waals surface area contributed by atoms with Crippen molar-refractivity contribution in [2.75, 3.05) is 30.4 Å². The van der Waals surface area contributed by atoms with Gasteiger partial charge in [0.15, 0.2) is 11.5 Å². The van der Waals surface area contributed by atoms with Crippen LogP contribution in [0.25, 0.3) is 0 Å². The Morgan fingerprint density at radius 3 is 2.58 bits per heavy atom. The van der Waals surface area contributed by atoms with Crippen molar-refractivity contribution in [3.05, 3.63) is 64.4 Å². The fraction of sp³-hybridized carbons (Fsp3) is 0.227. The van der Waals surface area contributed by atoms with Crippen LogP contribution in [0.5, 0.6) is 11.5 Å². The molecule has 0 radical (unpaired) electrons. The van der Waals surface area contributed by atoms with Gasteiger partial charge in [0.1, 0.15) is 0 Å². The van der Waals surface area contributed by atoms with Crippen LogP contribution in [-0.2, 0) is 16.4 Å². The summed E-state index contributed by atoms with van der Waals surface area (Å²) in [6.07, 6.45) is 1.59. The number of carbonyl (C=O) groups excluding carboxylic acids is 1. The van der Waals surface area contributed by atoms with Gasteiger partial charge in [-0.1, -0.05) is 6.07 Å². The van der Waals surface area contributed by atoms with Crippen molar-refractivity contribution in [1.82, 2.24) is 0 Å². The summed E-state index contributed by atoms with van der Waals surface area (Å²) in [7, 11) is -0.884. The molecule has 1 aliphatic heterocycles. The first-order valence-corrected chi connectivity index (χ1v) is 12.0. The van der Waals surface area contributed by atoms with Gasteiger partial charge in [0.2, 0.25) is 0 Å². The van der Waals surface area contributed by atoms with Crippen LogP contribution in [0.2, 0.25) is 0 Å². The van der Waals surface area contributed by atoms with Crippen LogP contribution in [0.3, 0.4) is 0 Å². The van der Waals surface area contributed by atoms with Gasteiger partial charge in [-0.25, -0.2) is 8.42 Å². The van der Waals surface area contributed by atoms with E-state index in [2.05, 4.69) is 4.72 Å². The quantitative estimate of drug-likeness (QED) is 0.600. The van der Waals surface area contributed by atoms with Crippen molar-refractivity contribution >= 4 is 38.6 Å². The molecule has 0 spiro atoms. The van der Waals surface area contributed by atoms with E-state index in [0.29, 0.717) is 28.6 Å². The summed E-state index contributed by atoms with van der Waals surface area (Å²) in [6, 6.07) is 13.4. The smallest absolute Gasteiger partial charge is 0.268 e. The number of nitrogens with zero attached hydrogens (tertiary/aromatic N) is 1. The van der Waals surface area contributed by atoms with E-state index in [1.165, 1.54) is 37.7 Å². The minimum atomic E-state index is -3.83. The van der Waals surface area contributed by atoms with Crippen LogP contribution in [-0.4, -0.2) is 35.1 Å². The molecule has 31 heavy (non-hydrogen) atoms. The van der Waals surface area contributed by atoms with Gasteiger partial charge >= 0.3 is 0 Å². The first-order valence-electron chi connectivity index (χ1n) is 9.66. The Balaban J connectivity index is 1.60. The standard InChI is InChI=1S/C22H22N2O5S2/c1-28-19-10-8-17(14-20(19)29-2)31(26,27)23-16-7-9-18-15(13-16)5-3-11-24(18)22(25)21-6-4-12-30-21/h4,6-10,12-14,23H,3,5,11H2,1-2H3. The number of nitrogens with one attached hydrogen (secondary N) is 1. The molecule has 7 nitrogen and oxygen atoms in total. The monoisotopic (exact) mass is 458 g/mol. The van der Waals surface area contributed by atoms with Crippen molar-refractivity contribution in [3.8, 4) is 11.5 Å². The van der Waals surface area contributed by atoms with Crippen molar-refractivity contribution in [2.24, 2.45) is 0 Å². The number of hydrogen-bond donors (Lipinski definition) is 1. The van der Waals surface area contributed by atoms with Gasteiger partial charge in [-0.15, -0.1) is 11.3 Å². The molecule has 3 aromatic rings. The minimum Gasteiger partial charge on any atom is -0.493 e. The van der Waals surface area contributed by atoms with E-state index in [1.54, 1.807) is 29.2 Å². The molecular formula is C22H22N2O5S2. The lowest BCUT2D eigenvalue weighted by molar-refractivity contribution is 0.0989. The summed E-state index contributed by atoms with van der Waals surface area (Å²) in [6.45, 7) is 0.639. The number of amides is 1. The summed E-state index contributed by atoms with van der Waals surface area (Å²) in [5.74, 6) is 0.749. The summed E-state index contributed by atoms with van der Waals surface area (Å²) in [5.41, 5.74) is 2.20. The van der Waals surface area contributed by atoms with E-state index in [4.69, 9.17) is 9.47 Å². The Labute approximate surface area is 185 Å². The van der Waals surface area contributed by atoms with E-state index < -0.39 is 10.0 Å². The SMILES string of the molecule is COc1ccc(S(=O)(=O)Nc2ccc3c(c2)CCCN3C(=O)c2cccs2)cc1OC. The number of fused-ring (bicyclic) bond motifs is 1. The lowest BCUT2D eigenvalue weighted by Gasteiger charge is -2.29. The second-order valence-electron chi connectivity index (χ2n) is 7.00. The molecule has 0 fully saturated rings. The molecule has 162 valence electrons. The topological polar surface area (TPSA) is 84.9 Å². The number of carbonyl (C=O) groups is 1. The maximum atomic E-state index is 12.9. The number of thiophene rings is 1. The molecule has 0 aliphatic carbocycles. The zero-order valence-electron chi connectivity index (χ0n) is 17.1. The highest BCUT2D eigenvalue weighted by Crippen LogP contribution is 2.33. The van der Waals surface area contributed by atoms with Crippen LogP contribution in [0.4, 0.5) is 11.4 Å². The van der Waals surface area contributed by atoms with Crippen molar-refractivity contribution in [2.45, 2.75) is 17.7 Å². The molecule has 0 atom stereocenters. The highest BCUT2D eigenvalue weighted by atomic mass is 32.2. The average Bonchev–Trinajstić information content (AvgIpc) is 3.32. The first kappa shape index (κ1) is 21.2. The van der Waals surface area contributed by atoms with Crippen molar-refractivity contribution < 1.29 is 22.7 Å². The number of aryl methyl sites for hydroxylation is 1. The van der Waals surface area contributed by atoms with Crippen LogP contribution in [0.1, 0.15) is 21.7 Å². The van der Waals surface area contributed by atoms with Crippen molar-refractivity contribution in [3.63, 3.8) is 0 Å². The molecule has 1 amide bonds.